The molecule has 2 aromatic heterocycles. The fraction of sp³-hybridized carbons (Fsp3) is 0.667. The van der Waals surface area contributed by atoms with Crippen LogP contribution in [0, 0.1) is 0 Å². The molecule has 3 rings (SSSR count). The molecule has 1 aliphatic rings. The number of imidazole rings is 1. The minimum Gasteiger partial charge on any atom is -0.350 e. The fourth-order valence-corrected chi connectivity index (χ4v) is 3.73. The smallest absolute Gasteiger partial charge is 0.195 e. The van der Waals surface area contributed by atoms with Gasteiger partial charge in [0.05, 0.1) is 5.69 Å². The molecule has 3 heterocycles. The molecule has 20 heavy (non-hydrogen) atoms. The van der Waals surface area contributed by atoms with Gasteiger partial charge in [-0.2, -0.15) is 0 Å². The lowest BCUT2D eigenvalue weighted by molar-refractivity contribution is 0.510. The van der Waals surface area contributed by atoms with Crippen LogP contribution in [-0.4, -0.2) is 27.5 Å². The summed E-state index contributed by atoms with van der Waals surface area (Å²) in [4.78, 5) is 8.49. The minimum absolute atomic E-state index is 0.219. The van der Waals surface area contributed by atoms with Crippen LogP contribution >= 0.6 is 11.3 Å². The minimum atomic E-state index is 0.219. The normalized spacial score (nSPS) is 18.6. The number of rotatable bonds is 4. The van der Waals surface area contributed by atoms with Gasteiger partial charge in [0.1, 0.15) is 0 Å². The van der Waals surface area contributed by atoms with Crippen molar-refractivity contribution >= 4 is 22.1 Å². The summed E-state index contributed by atoms with van der Waals surface area (Å²) < 4.78 is 2.24. The molecule has 1 aliphatic heterocycles. The molecule has 0 spiro atoms. The quantitative estimate of drug-likeness (QED) is 0.938. The highest BCUT2D eigenvalue weighted by molar-refractivity contribution is 7.15. The Bertz CT molecular complexity index is 596. The van der Waals surface area contributed by atoms with Gasteiger partial charge in [0.15, 0.2) is 10.8 Å². The number of fused-ring (bicyclic) bond motifs is 1. The van der Waals surface area contributed by atoms with E-state index in [0.717, 1.165) is 18.1 Å². The van der Waals surface area contributed by atoms with E-state index in [9.17, 15) is 0 Å². The monoisotopic (exact) mass is 292 g/mol. The third kappa shape index (κ3) is 2.33. The van der Waals surface area contributed by atoms with E-state index in [0.29, 0.717) is 6.04 Å². The van der Waals surface area contributed by atoms with Gasteiger partial charge in [-0.1, -0.05) is 13.8 Å². The summed E-state index contributed by atoms with van der Waals surface area (Å²) in [5.74, 6) is 1.17. The molecule has 1 saturated heterocycles. The first kappa shape index (κ1) is 13.9. The Morgan fingerprint density at radius 3 is 2.90 bits per heavy atom. The molecule has 5 heteroatoms. The van der Waals surface area contributed by atoms with Gasteiger partial charge in [0.25, 0.3) is 0 Å². The van der Waals surface area contributed by atoms with Gasteiger partial charge < -0.3 is 10.2 Å². The summed E-state index contributed by atoms with van der Waals surface area (Å²) in [5, 5.41) is 5.65. The Morgan fingerprint density at radius 1 is 1.45 bits per heavy atom. The van der Waals surface area contributed by atoms with Crippen LogP contribution in [0.15, 0.2) is 11.6 Å². The topological polar surface area (TPSA) is 32.6 Å². The van der Waals surface area contributed by atoms with Crippen LogP contribution in [0.25, 0.3) is 4.96 Å². The van der Waals surface area contributed by atoms with Gasteiger partial charge in [0.2, 0.25) is 0 Å². The van der Waals surface area contributed by atoms with E-state index in [4.69, 9.17) is 4.98 Å². The zero-order valence-electron chi connectivity index (χ0n) is 12.8. The van der Waals surface area contributed by atoms with E-state index in [-0.39, 0.29) is 5.54 Å². The third-order valence-corrected chi connectivity index (χ3v) is 4.93. The highest BCUT2D eigenvalue weighted by Gasteiger charge is 2.35. The summed E-state index contributed by atoms with van der Waals surface area (Å²) in [5.41, 5.74) is 1.52. The largest absolute Gasteiger partial charge is 0.350 e. The summed E-state index contributed by atoms with van der Waals surface area (Å²) in [6, 6.07) is 0.485. The number of nitrogens with one attached hydrogen (secondary N) is 1. The predicted octanol–water partition coefficient (Wildman–Crippen LogP) is 3.27. The fourth-order valence-electron chi connectivity index (χ4n) is 3.00. The second-order valence-electron chi connectivity index (χ2n) is 6.54. The number of aromatic nitrogens is 2. The molecule has 0 unspecified atom stereocenters. The number of hydrogen-bond acceptors (Lipinski definition) is 4. The van der Waals surface area contributed by atoms with Crippen LogP contribution < -0.4 is 10.2 Å². The van der Waals surface area contributed by atoms with Crippen LogP contribution in [0.3, 0.4) is 0 Å². The molecule has 2 aromatic rings. The number of hydrogen-bond donors (Lipinski definition) is 1. The summed E-state index contributed by atoms with van der Waals surface area (Å²) >= 11 is 1.71. The first-order valence-corrected chi connectivity index (χ1v) is 8.32. The molecule has 0 saturated carbocycles. The van der Waals surface area contributed by atoms with Crippen molar-refractivity contribution in [1.82, 2.24) is 14.7 Å². The van der Waals surface area contributed by atoms with Gasteiger partial charge in [-0.05, 0) is 26.7 Å². The maximum atomic E-state index is 4.90. The van der Waals surface area contributed by atoms with E-state index < -0.39 is 0 Å². The number of thiazole rings is 1. The van der Waals surface area contributed by atoms with Crippen LogP contribution in [0.2, 0.25) is 0 Å². The van der Waals surface area contributed by atoms with Crippen molar-refractivity contribution in [2.75, 3.05) is 11.4 Å². The van der Waals surface area contributed by atoms with Crippen molar-refractivity contribution in [2.24, 2.45) is 0 Å². The Balaban J connectivity index is 2.01. The molecular formula is C15H24N4S. The van der Waals surface area contributed by atoms with E-state index in [1.165, 1.54) is 24.4 Å². The third-order valence-electron chi connectivity index (χ3n) is 4.17. The van der Waals surface area contributed by atoms with E-state index in [1.54, 1.807) is 11.3 Å². The molecule has 0 bridgehead atoms. The van der Waals surface area contributed by atoms with Crippen LogP contribution in [-0.2, 0) is 6.54 Å². The molecule has 0 aliphatic carbocycles. The molecule has 0 radical (unpaired) electrons. The SMILES string of the molecule is CC(C)NCc1c(N2CCCC2(C)C)nc2sccn12. The number of anilines is 1. The lowest BCUT2D eigenvalue weighted by Gasteiger charge is -2.32. The Hall–Kier alpha value is -1.07. The number of nitrogens with zero attached hydrogens (tertiary/aromatic N) is 3. The average molecular weight is 292 g/mol. The Morgan fingerprint density at radius 2 is 2.25 bits per heavy atom. The van der Waals surface area contributed by atoms with Gasteiger partial charge in [-0.25, -0.2) is 4.98 Å². The lowest BCUT2D eigenvalue weighted by atomic mass is 10.0. The van der Waals surface area contributed by atoms with Crippen molar-refractivity contribution in [1.29, 1.82) is 0 Å². The average Bonchev–Trinajstić information content (AvgIpc) is 2.99. The van der Waals surface area contributed by atoms with Crippen LogP contribution in [0.1, 0.15) is 46.2 Å². The van der Waals surface area contributed by atoms with E-state index in [1.807, 2.05) is 0 Å². The molecule has 0 amide bonds. The van der Waals surface area contributed by atoms with Gasteiger partial charge in [-0.15, -0.1) is 11.3 Å². The van der Waals surface area contributed by atoms with E-state index in [2.05, 4.69) is 53.9 Å². The van der Waals surface area contributed by atoms with Crippen molar-refractivity contribution in [3.05, 3.63) is 17.3 Å². The van der Waals surface area contributed by atoms with Crippen LogP contribution in [0.4, 0.5) is 5.82 Å². The maximum absolute atomic E-state index is 4.90. The van der Waals surface area contributed by atoms with E-state index >= 15 is 0 Å². The summed E-state index contributed by atoms with van der Waals surface area (Å²) in [6.07, 6.45) is 4.64. The second-order valence-corrected chi connectivity index (χ2v) is 7.41. The molecule has 0 atom stereocenters. The zero-order chi connectivity index (χ0) is 14.3. The Labute approximate surface area is 124 Å². The molecule has 1 N–H and O–H groups in total. The van der Waals surface area contributed by atoms with Gasteiger partial charge in [0, 0.05) is 36.2 Å². The first-order chi connectivity index (χ1) is 9.49. The zero-order valence-corrected chi connectivity index (χ0v) is 13.6. The molecule has 110 valence electrons. The highest BCUT2D eigenvalue weighted by Crippen LogP contribution is 2.36. The van der Waals surface area contributed by atoms with Crippen molar-refractivity contribution in [3.8, 4) is 0 Å². The highest BCUT2D eigenvalue weighted by atomic mass is 32.1. The maximum Gasteiger partial charge on any atom is 0.195 e. The molecular weight excluding hydrogens is 268 g/mol. The molecule has 4 nitrogen and oxygen atoms in total. The standard InChI is InChI=1S/C15H24N4S/c1-11(2)16-10-12-13(17-14-18(12)8-9-20-14)19-7-5-6-15(19,3)4/h8-9,11,16H,5-7,10H2,1-4H3. The predicted molar refractivity (Wildman–Crippen MR) is 85.7 cm³/mol. The second kappa shape index (κ2) is 5.04. The van der Waals surface area contributed by atoms with Gasteiger partial charge >= 0.3 is 0 Å². The van der Waals surface area contributed by atoms with Gasteiger partial charge in [-0.3, -0.25) is 4.40 Å². The summed E-state index contributed by atoms with van der Waals surface area (Å²) in [6.45, 7) is 11.0. The lowest BCUT2D eigenvalue weighted by Crippen LogP contribution is -2.39. The van der Waals surface area contributed by atoms with Crippen LogP contribution in [0.5, 0.6) is 0 Å². The Kier molecular flexibility index (Phi) is 3.50. The molecule has 0 aromatic carbocycles. The first-order valence-electron chi connectivity index (χ1n) is 7.44. The van der Waals surface area contributed by atoms with Crippen molar-refractivity contribution in [2.45, 2.75) is 58.7 Å². The van der Waals surface area contributed by atoms with Crippen molar-refractivity contribution < 1.29 is 0 Å². The summed E-state index contributed by atoms with van der Waals surface area (Å²) in [7, 11) is 0. The van der Waals surface area contributed by atoms with Crippen molar-refractivity contribution in [3.63, 3.8) is 0 Å². The molecule has 1 fully saturated rings.